The summed E-state index contributed by atoms with van der Waals surface area (Å²) < 4.78 is 5.63. The van der Waals surface area contributed by atoms with Crippen molar-refractivity contribution in [3.8, 4) is 11.1 Å². The van der Waals surface area contributed by atoms with Crippen molar-refractivity contribution in [3.05, 3.63) is 59.7 Å². The van der Waals surface area contributed by atoms with Crippen LogP contribution in [-0.4, -0.2) is 47.0 Å². The molecular weight excluding hydrogens is 370 g/mol. The lowest BCUT2D eigenvalue weighted by Gasteiger charge is -2.24. The van der Waals surface area contributed by atoms with Crippen LogP contribution >= 0.6 is 0 Å². The van der Waals surface area contributed by atoms with Gasteiger partial charge in [-0.25, -0.2) is 9.59 Å². The maximum Gasteiger partial charge on any atom is 0.410 e. The van der Waals surface area contributed by atoms with Crippen molar-refractivity contribution in [1.29, 1.82) is 0 Å². The van der Waals surface area contributed by atoms with E-state index in [1.165, 1.54) is 4.90 Å². The van der Waals surface area contributed by atoms with E-state index in [0.29, 0.717) is 6.42 Å². The highest BCUT2D eigenvalue weighted by Gasteiger charge is 2.52. The van der Waals surface area contributed by atoms with Crippen LogP contribution in [0.25, 0.3) is 11.1 Å². The molecule has 1 amide bonds. The van der Waals surface area contributed by atoms with E-state index in [1.807, 2.05) is 36.4 Å². The highest BCUT2D eigenvalue weighted by atomic mass is 16.6. The molecule has 1 saturated carbocycles. The minimum absolute atomic E-state index is 0.0710. The van der Waals surface area contributed by atoms with Gasteiger partial charge in [-0.05, 0) is 28.2 Å². The molecule has 3 aliphatic rings. The number of hydrogen-bond acceptors (Lipinski definition) is 4. The minimum Gasteiger partial charge on any atom is -0.480 e. The molecule has 1 heterocycles. The number of ether oxygens (including phenoxy) is 1. The van der Waals surface area contributed by atoms with Crippen molar-refractivity contribution in [1.82, 2.24) is 4.90 Å². The van der Waals surface area contributed by atoms with Crippen molar-refractivity contribution in [2.45, 2.75) is 24.8 Å². The first-order valence-corrected chi connectivity index (χ1v) is 9.90. The van der Waals surface area contributed by atoms with Gasteiger partial charge in [0, 0.05) is 31.2 Å². The van der Waals surface area contributed by atoms with Gasteiger partial charge in [0.05, 0.1) is 0 Å². The molecule has 0 aromatic heterocycles. The topological polar surface area (TPSA) is 83.9 Å². The molecule has 2 aliphatic carbocycles. The highest BCUT2D eigenvalue weighted by Crippen LogP contribution is 2.45. The third kappa shape index (κ3) is 2.82. The van der Waals surface area contributed by atoms with Crippen LogP contribution in [0, 0.1) is 11.8 Å². The Morgan fingerprint density at radius 2 is 1.62 bits per heavy atom. The van der Waals surface area contributed by atoms with Gasteiger partial charge in [-0.3, -0.25) is 9.69 Å². The normalized spacial score (nSPS) is 24.9. The first kappa shape index (κ1) is 17.9. The lowest BCUT2D eigenvalue weighted by Crippen LogP contribution is -2.44. The van der Waals surface area contributed by atoms with Gasteiger partial charge in [0.1, 0.15) is 18.4 Å². The van der Waals surface area contributed by atoms with E-state index in [2.05, 4.69) is 12.1 Å². The molecule has 3 unspecified atom stereocenters. The fourth-order valence-corrected chi connectivity index (χ4v) is 5.30. The third-order valence-electron chi connectivity index (χ3n) is 6.55. The molecule has 29 heavy (non-hydrogen) atoms. The average molecular weight is 391 g/mol. The molecular formula is C23H21NO5. The van der Waals surface area contributed by atoms with Gasteiger partial charge in [0.2, 0.25) is 0 Å². The summed E-state index contributed by atoms with van der Waals surface area (Å²) in [6, 6.07) is 15.2. The van der Waals surface area contributed by atoms with E-state index in [1.54, 1.807) is 0 Å². The first-order valence-electron chi connectivity index (χ1n) is 9.90. The second kappa shape index (κ2) is 6.72. The molecule has 1 aliphatic heterocycles. The Morgan fingerprint density at radius 3 is 2.24 bits per heavy atom. The monoisotopic (exact) mass is 391 g/mol. The number of carboxylic acid groups (broad SMARTS) is 1. The number of ketones is 1. The summed E-state index contributed by atoms with van der Waals surface area (Å²) in [6.07, 6.45) is -0.0303. The largest absolute Gasteiger partial charge is 0.480 e. The zero-order valence-corrected chi connectivity index (χ0v) is 15.8. The molecule has 2 aromatic carbocycles. The van der Waals surface area contributed by atoms with Crippen LogP contribution in [0.5, 0.6) is 0 Å². The van der Waals surface area contributed by atoms with E-state index in [9.17, 15) is 19.5 Å². The number of carbonyl (C=O) groups is 3. The highest BCUT2D eigenvalue weighted by molar-refractivity contribution is 5.87. The molecule has 1 saturated heterocycles. The summed E-state index contributed by atoms with van der Waals surface area (Å²) in [7, 11) is 0. The van der Waals surface area contributed by atoms with Gasteiger partial charge in [-0.2, -0.15) is 0 Å². The summed E-state index contributed by atoms with van der Waals surface area (Å²) in [6.45, 7) is 0.425. The molecule has 1 N–H and O–H groups in total. The van der Waals surface area contributed by atoms with Crippen molar-refractivity contribution in [2.75, 3.05) is 13.2 Å². The van der Waals surface area contributed by atoms with Crippen molar-refractivity contribution >= 4 is 17.8 Å². The van der Waals surface area contributed by atoms with Gasteiger partial charge in [0.15, 0.2) is 0 Å². The Bertz CT molecular complexity index is 970. The fourth-order valence-electron chi connectivity index (χ4n) is 5.30. The van der Waals surface area contributed by atoms with Crippen LogP contribution in [0.15, 0.2) is 48.5 Å². The molecule has 0 spiro atoms. The Morgan fingerprint density at radius 1 is 1.00 bits per heavy atom. The van der Waals surface area contributed by atoms with Gasteiger partial charge < -0.3 is 9.84 Å². The van der Waals surface area contributed by atoms with E-state index in [-0.39, 0.29) is 43.1 Å². The lowest BCUT2D eigenvalue weighted by molar-refractivity contribution is -0.143. The van der Waals surface area contributed by atoms with Crippen LogP contribution < -0.4 is 0 Å². The number of aliphatic carboxylic acids is 1. The number of Topliss-reactive ketones (excluding diaryl/α,β-unsaturated/α-hetero) is 1. The maximum atomic E-state index is 12.8. The SMILES string of the molecule is O=C1CC2CN(C(=O)OCC3c4ccccc4-c4ccccc43)C(C(=O)O)C2C1. The van der Waals surface area contributed by atoms with E-state index in [0.717, 1.165) is 22.3 Å². The Labute approximate surface area is 168 Å². The molecule has 5 rings (SSSR count). The van der Waals surface area contributed by atoms with E-state index >= 15 is 0 Å². The second-order valence-electron chi connectivity index (χ2n) is 8.11. The van der Waals surface area contributed by atoms with Crippen molar-refractivity contribution in [3.63, 3.8) is 0 Å². The van der Waals surface area contributed by atoms with Gasteiger partial charge in [-0.1, -0.05) is 48.5 Å². The van der Waals surface area contributed by atoms with Crippen LogP contribution in [0.3, 0.4) is 0 Å². The zero-order valence-electron chi connectivity index (χ0n) is 15.8. The van der Waals surface area contributed by atoms with Gasteiger partial charge in [0.25, 0.3) is 0 Å². The molecule has 0 bridgehead atoms. The van der Waals surface area contributed by atoms with Crippen LogP contribution in [-0.2, 0) is 14.3 Å². The molecule has 0 radical (unpaired) electrons. The van der Waals surface area contributed by atoms with Crippen LogP contribution in [0.2, 0.25) is 0 Å². The summed E-state index contributed by atoms with van der Waals surface area (Å²) in [5.74, 6) is -1.44. The summed E-state index contributed by atoms with van der Waals surface area (Å²) in [4.78, 5) is 37.6. The fraction of sp³-hybridized carbons (Fsp3) is 0.348. The lowest BCUT2D eigenvalue weighted by atomic mass is 9.94. The standard InChI is InChI=1S/C23H21NO5/c25-14-9-13-11-24(21(22(26)27)19(13)10-14)23(28)29-12-20-17-7-3-1-5-15(17)16-6-2-4-8-18(16)20/h1-8,13,19-21H,9-12H2,(H,26,27). The number of carbonyl (C=O) groups excluding carboxylic acids is 2. The quantitative estimate of drug-likeness (QED) is 0.868. The number of benzene rings is 2. The molecule has 2 fully saturated rings. The molecule has 148 valence electrons. The third-order valence-corrected chi connectivity index (χ3v) is 6.55. The number of rotatable bonds is 3. The summed E-state index contributed by atoms with van der Waals surface area (Å²) in [5.41, 5.74) is 4.50. The van der Waals surface area contributed by atoms with E-state index in [4.69, 9.17) is 4.74 Å². The molecule has 6 nitrogen and oxygen atoms in total. The predicted octanol–water partition coefficient (Wildman–Crippen LogP) is 3.30. The number of hydrogen-bond donors (Lipinski definition) is 1. The van der Waals surface area contributed by atoms with Crippen LogP contribution in [0.1, 0.15) is 29.9 Å². The van der Waals surface area contributed by atoms with Crippen molar-refractivity contribution < 1.29 is 24.2 Å². The van der Waals surface area contributed by atoms with Gasteiger partial charge >= 0.3 is 12.1 Å². The summed E-state index contributed by atoms with van der Waals surface area (Å²) in [5, 5.41) is 9.65. The number of fused-ring (bicyclic) bond motifs is 4. The predicted molar refractivity (Wildman–Crippen MR) is 104 cm³/mol. The molecule has 6 heteroatoms. The first-order chi connectivity index (χ1) is 14.0. The van der Waals surface area contributed by atoms with E-state index < -0.39 is 18.1 Å². The van der Waals surface area contributed by atoms with Crippen molar-refractivity contribution in [2.24, 2.45) is 11.8 Å². The Balaban J connectivity index is 1.35. The number of amides is 1. The Hall–Kier alpha value is -3.15. The minimum atomic E-state index is -1.07. The number of carboxylic acids is 1. The zero-order chi connectivity index (χ0) is 20.1. The smallest absolute Gasteiger partial charge is 0.410 e. The van der Waals surface area contributed by atoms with Gasteiger partial charge in [-0.15, -0.1) is 0 Å². The number of nitrogens with zero attached hydrogens (tertiary/aromatic N) is 1. The maximum absolute atomic E-state index is 12.8. The molecule has 2 aromatic rings. The average Bonchev–Trinajstić information content (AvgIpc) is 3.34. The summed E-state index contributed by atoms with van der Waals surface area (Å²) >= 11 is 0. The Kier molecular flexibility index (Phi) is 4.15. The number of likely N-dealkylation sites (tertiary alicyclic amines) is 1. The molecule has 3 atom stereocenters. The second-order valence-corrected chi connectivity index (χ2v) is 8.11. The van der Waals surface area contributed by atoms with Crippen LogP contribution in [0.4, 0.5) is 4.79 Å².